The molecule has 1 saturated heterocycles. The number of hydrogen-bond donors (Lipinski definition) is 1. The summed E-state index contributed by atoms with van der Waals surface area (Å²) in [6.07, 6.45) is 0.154. The average Bonchev–Trinajstić information content (AvgIpc) is 3.20. The molecule has 194 valence electrons. The number of carbonyl (C=O) groups is 2. The number of ether oxygens (including phenoxy) is 1. The van der Waals surface area contributed by atoms with Crippen molar-refractivity contribution in [2.75, 3.05) is 13.2 Å². The van der Waals surface area contributed by atoms with Gasteiger partial charge >= 0.3 is 5.97 Å². The molecule has 3 aromatic carbocycles. The molecule has 0 bridgehead atoms. The molecule has 5 nitrogen and oxygen atoms in total. The van der Waals surface area contributed by atoms with Crippen LogP contribution >= 0.6 is 0 Å². The molecule has 1 heterocycles. The first kappa shape index (κ1) is 26.8. The van der Waals surface area contributed by atoms with E-state index in [1.807, 2.05) is 42.5 Å². The lowest BCUT2D eigenvalue weighted by Crippen LogP contribution is -2.67. The van der Waals surface area contributed by atoms with Crippen LogP contribution in [-0.2, 0) is 18.8 Å². The summed E-state index contributed by atoms with van der Waals surface area (Å²) in [5.41, 5.74) is 0.905. The molecule has 1 N–H and O–H groups in total. The minimum absolute atomic E-state index is 0.0726. The van der Waals surface area contributed by atoms with Gasteiger partial charge in [0.2, 0.25) is 5.91 Å². The van der Waals surface area contributed by atoms with Crippen LogP contribution in [0.25, 0.3) is 0 Å². The summed E-state index contributed by atoms with van der Waals surface area (Å²) in [5.74, 6) is -1.07. The maximum atomic E-state index is 13.3. The number of nitrogens with one attached hydrogen (secondary N) is 1. The molecule has 37 heavy (non-hydrogen) atoms. The largest absolute Gasteiger partial charge is 0.466 e. The van der Waals surface area contributed by atoms with Crippen LogP contribution in [0.15, 0.2) is 91.0 Å². The number of esters is 1. The summed E-state index contributed by atoms with van der Waals surface area (Å²) >= 11 is 0. The van der Waals surface area contributed by atoms with Crippen LogP contribution in [0.4, 0.5) is 0 Å². The quantitative estimate of drug-likeness (QED) is 0.339. The molecule has 6 heteroatoms. The standard InChI is InChI=1S/C31H37NO4Si/c1-5-35-28(33)21-26-27(32-30(34)29(26)23-15-9-6-10-16-23)22-36-37(31(2,3)4,24-17-11-7-12-18-24)25-19-13-8-14-20-25/h6-20,26-27,29H,5,21-22H2,1-4H3,(H,32,34)/t26-,27-,29+/m1/s1. The highest BCUT2D eigenvalue weighted by molar-refractivity contribution is 6.99. The zero-order chi connectivity index (χ0) is 26.5. The van der Waals surface area contributed by atoms with Gasteiger partial charge in [-0.25, -0.2) is 0 Å². The highest BCUT2D eigenvalue weighted by atomic mass is 28.4. The predicted octanol–water partition coefficient (Wildman–Crippen LogP) is 4.41. The van der Waals surface area contributed by atoms with Gasteiger partial charge in [-0.2, -0.15) is 0 Å². The lowest BCUT2D eigenvalue weighted by Gasteiger charge is -2.43. The Kier molecular flexibility index (Phi) is 8.30. The Morgan fingerprint density at radius 1 is 0.865 bits per heavy atom. The second-order valence-corrected chi connectivity index (χ2v) is 15.0. The fourth-order valence-electron chi connectivity index (χ4n) is 5.68. The van der Waals surface area contributed by atoms with Crippen LogP contribution in [0.3, 0.4) is 0 Å². The third kappa shape index (κ3) is 5.55. The number of rotatable bonds is 9. The monoisotopic (exact) mass is 515 g/mol. The molecule has 1 amide bonds. The maximum absolute atomic E-state index is 13.3. The van der Waals surface area contributed by atoms with Crippen LogP contribution < -0.4 is 15.7 Å². The highest BCUT2D eigenvalue weighted by Crippen LogP contribution is 2.39. The summed E-state index contributed by atoms with van der Waals surface area (Å²) in [5, 5.41) is 5.35. The van der Waals surface area contributed by atoms with E-state index >= 15 is 0 Å². The fraction of sp³-hybridized carbons (Fsp3) is 0.355. The lowest BCUT2D eigenvalue weighted by molar-refractivity contribution is -0.144. The smallest absolute Gasteiger partial charge is 0.306 e. The van der Waals surface area contributed by atoms with Crippen molar-refractivity contribution in [1.29, 1.82) is 0 Å². The molecule has 0 spiro atoms. The highest BCUT2D eigenvalue weighted by Gasteiger charge is 2.52. The van der Waals surface area contributed by atoms with Gasteiger partial charge in [0.15, 0.2) is 0 Å². The summed E-state index contributed by atoms with van der Waals surface area (Å²) in [6, 6.07) is 30.3. The Labute approximate surface area is 221 Å². The number of benzene rings is 3. The van der Waals surface area contributed by atoms with Gasteiger partial charge in [0.1, 0.15) is 0 Å². The average molecular weight is 516 g/mol. The van der Waals surface area contributed by atoms with Crippen molar-refractivity contribution < 1.29 is 18.8 Å². The minimum atomic E-state index is -2.79. The first-order valence-corrected chi connectivity index (χ1v) is 14.9. The molecule has 0 aliphatic carbocycles. The van der Waals surface area contributed by atoms with Crippen LogP contribution in [0.2, 0.25) is 5.04 Å². The van der Waals surface area contributed by atoms with E-state index in [-0.39, 0.29) is 35.3 Å². The molecule has 0 saturated carbocycles. The molecule has 1 aliphatic rings. The first-order valence-electron chi connectivity index (χ1n) is 13.0. The van der Waals surface area contributed by atoms with E-state index in [0.29, 0.717) is 13.2 Å². The van der Waals surface area contributed by atoms with Crippen LogP contribution in [0.5, 0.6) is 0 Å². The Bertz CT molecular complexity index is 1140. The van der Waals surface area contributed by atoms with Crippen molar-refractivity contribution in [2.45, 2.75) is 51.1 Å². The second-order valence-electron chi connectivity index (χ2n) is 10.7. The molecule has 1 aliphatic heterocycles. The van der Waals surface area contributed by atoms with Gasteiger partial charge in [0, 0.05) is 5.92 Å². The van der Waals surface area contributed by atoms with Gasteiger partial charge in [-0.3, -0.25) is 9.59 Å². The molecule has 0 unspecified atom stereocenters. The first-order chi connectivity index (χ1) is 17.8. The summed E-state index contributed by atoms with van der Waals surface area (Å²) in [4.78, 5) is 25.9. The number of amides is 1. The van der Waals surface area contributed by atoms with E-state index in [4.69, 9.17) is 9.16 Å². The van der Waals surface area contributed by atoms with Crippen molar-refractivity contribution in [1.82, 2.24) is 5.32 Å². The predicted molar refractivity (Wildman–Crippen MR) is 149 cm³/mol. The second kappa shape index (κ2) is 11.4. The van der Waals surface area contributed by atoms with Gasteiger partial charge in [0.05, 0.1) is 31.6 Å². The summed E-state index contributed by atoms with van der Waals surface area (Å²) in [7, 11) is -2.79. The zero-order valence-electron chi connectivity index (χ0n) is 22.1. The Balaban J connectivity index is 1.72. The van der Waals surface area contributed by atoms with Crippen LogP contribution in [0.1, 0.15) is 45.6 Å². The topological polar surface area (TPSA) is 64.6 Å². The lowest BCUT2D eigenvalue weighted by atomic mass is 9.83. The van der Waals surface area contributed by atoms with E-state index in [1.165, 1.54) is 10.4 Å². The van der Waals surface area contributed by atoms with E-state index in [9.17, 15) is 9.59 Å². The van der Waals surface area contributed by atoms with Crippen molar-refractivity contribution in [3.05, 3.63) is 96.6 Å². The van der Waals surface area contributed by atoms with Gasteiger partial charge in [-0.05, 0) is 27.9 Å². The SMILES string of the molecule is CCOC(=O)C[C@@H]1[C@@H](CO[Si](c2ccccc2)(c2ccccc2)C(C)(C)C)NC(=O)[C@H]1c1ccccc1. The Morgan fingerprint density at radius 2 is 1.38 bits per heavy atom. The van der Waals surface area contributed by atoms with Gasteiger partial charge in [-0.1, -0.05) is 112 Å². The van der Waals surface area contributed by atoms with Crippen molar-refractivity contribution in [3.8, 4) is 0 Å². The molecule has 3 atom stereocenters. The van der Waals surface area contributed by atoms with E-state index in [1.54, 1.807) is 6.92 Å². The Hall–Kier alpha value is -3.22. The molecular weight excluding hydrogens is 478 g/mol. The Morgan fingerprint density at radius 3 is 1.86 bits per heavy atom. The molecule has 0 radical (unpaired) electrons. The van der Waals surface area contributed by atoms with Crippen LogP contribution in [0, 0.1) is 5.92 Å². The molecule has 1 fully saturated rings. The molecule has 3 aromatic rings. The normalized spacial score (nSPS) is 19.9. The van der Waals surface area contributed by atoms with Gasteiger partial charge in [-0.15, -0.1) is 0 Å². The van der Waals surface area contributed by atoms with Crippen LogP contribution in [-0.4, -0.2) is 39.4 Å². The summed E-state index contributed by atoms with van der Waals surface area (Å²) < 4.78 is 12.4. The minimum Gasteiger partial charge on any atom is -0.466 e. The van der Waals surface area contributed by atoms with Crippen molar-refractivity contribution >= 4 is 30.6 Å². The number of hydrogen-bond acceptors (Lipinski definition) is 4. The summed E-state index contributed by atoms with van der Waals surface area (Å²) in [6.45, 7) is 9.12. The fourth-order valence-corrected chi connectivity index (χ4v) is 10.3. The van der Waals surface area contributed by atoms with E-state index in [0.717, 1.165) is 5.56 Å². The third-order valence-corrected chi connectivity index (χ3v) is 12.3. The molecular formula is C31H37NO4Si. The zero-order valence-corrected chi connectivity index (χ0v) is 23.1. The van der Waals surface area contributed by atoms with Crippen molar-refractivity contribution in [2.24, 2.45) is 5.92 Å². The molecule has 0 aromatic heterocycles. The maximum Gasteiger partial charge on any atom is 0.306 e. The van der Waals surface area contributed by atoms with E-state index < -0.39 is 14.2 Å². The molecule has 4 rings (SSSR count). The van der Waals surface area contributed by atoms with Gasteiger partial charge < -0.3 is 14.5 Å². The van der Waals surface area contributed by atoms with Crippen molar-refractivity contribution in [3.63, 3.8) is 0 Å². The van der Waals surface area contributed by atoms with E-state index in [2.05, 4.69) is 74.6 Å². The van der Waals surface area contributed by atoms with Gasteiger partial charge in [0.25, 0.3) is 8.32 Å². The third-order valence-electron chi connectivity index (χ3n) is 7.32. The number of carbonyl (C=O) groups excluding carboxylic acids is 2.